The van der Waals surface area contributed by atoms with Crippen LogP contribution < -0.4 is 11.1 Å². The zero-order valence-corrected chi connectivity index (χ0v) is 12.1. The lowest BCUT2D eigenvalue weighted by atomic mass is 10.0. The summed E-state index contributed by atoms with van der Waals surface area (Å²) in [4.78, 5) is 11.7. The van der Waals surface area contributed by atoms with Crippen LogP contribution in [-0.2, 0) is 4.79 Å². The summed E-state index contributed by atoms with van der Waals surface area (Å²) in [6, 6.07) is 3.63. The largest absolute Gasteiger partial charge is 0.368 e. The van der Waals surface area contributed by atoms with E-state index in [9.17, 15) is 9.18 Å². The number of nitrogens with two attached hydrogens (primary N) is 1. The first-order valence-corrected chi connectivity index (χ1v) is 7.46. The molecule has 1 amide bonds. The molecule has 1 aliphatic rings. The second kappa shape index (κ2) is 7.04. The monoisotopic (exact) mass is 298 g/mol. The van der Waals surface area contributed by atoms with Gasteiger partial charge >= 0.3 is 0 Å². The molecule has 110 valence electrons. The Kier molecular flexibility index (Phi) is 5.38. The Labute approximate surface area is 123 Å². The van der Waals surface area contributed by atoms with Gasteiger partial charge in [0, 0.05) is 11.1 Å². The molecule has 1 fully saturated rings. The van der Waals surface area contributed by atoms with Crippen LogP contribution in [0, 0.1) is 5.82 Å². The topological polar surface area (TPSA) is 55.1 Å². The molecule has 0 aliphatic heterocycles. The molecule has 0 bridgehead atoms. The van der Waals surface area contributed by atoms with E-state index in [1.807, 2.05) is 0 Å². The lowest BCUT2D eigenvalue weighted by molar-refractivity contribution is -0.120. The second-order valence-electron chi connectivity index (χ2n) is 5.36. The van der Waals surface area contributed by atoms with Crippen molar-refractivity contribution in [2.24, 2.45) is 5.73 Å². The fourth-order valence-electron chi connectivity index (χ4n) is 2.74. The maximum atomic E-state index is 13.1. The van der Waals surface area contributed by atoms with Crippen molar-refractivity contribution >= 4 is 17.5 Å². The number of rotatable bonds is 4. The van der Waals surface area contributed by atoms with E-state index in [2.05, 4.69) is 5.32 Å². The van der Waals surface area contributed by atoms with E-state index in [1.54, 1.807) is 0 Å². The van der Waals surface area contributed by atoms with Crippen molar-refractivity contribution in [3.8, 4) is 0 Å². The molecule has 3 nitrogen and oxygen atoms in total. The van der Waals surface area contributed by atoms with Crippen LogP contribution in [-0.4, -0.2) is 11.9 Å². The van der Waals surface area contributed by atoms with E-state index < -0.39 is 17.8 Å². The number of benzene rings is 1. The van der Waals surface area contributed by atoms with Gasteiger partial charge in [-0.2, -0.15) is 0 Å². The fourth-order valence-corrected chi connectivity index (χ4v) is 3.02. The van der Waals surface area contributed by atoms with Gasteiger partial charge < -0.3 is 5.73 Å². The first-order chi connectivity index (χ1) is 9.58. The molecule has 0 saturated heterocycles. The van der Waals surface area contributed by atoms with Crippen LogP contribution in [0.4, 0.5) is 4.39 Å². The SMILES string of the molecule is NC(=O)C(NC1CCCCCC1)c1ccc(F)cc1Cl. The number of halogens is 2. The molecule has 0 spiro atoms. The molecule has 0 aromatic heterocycles. The average Bonchev–Trinajstić information content (AvgIpc) is 2.65. The summed E-state index contributed by atoms with van der Waals surface area (Å²) < 4.78 is 13.1. The number of carbonyl (C=O) groups is 1. The van der Waals surface area contributed by atoms with Crippen LogP contribution >= 0.6 is 11.6 Å². The second-order valence-corrected chi connectivity index (χ2v) is 5.76. The minimum Gasteiger partial charge on any atom is -0.368 e. The number of amides is 1. The number of hydrogen-bond donors (Lipinski definition) is 2. The molecule has 1 saturated carbocycles. The van der Waals surface area contributed by atoms with E-state index >= 15 is 0 Å². The van der Waals surface area contributed by atoms with Crippen molar-refractivity contribution in [1.82, 2.24) is 5.32 Å². The maximum absolute atomic E-state index is 13.1. The Hall–Kier alpha value is -1.13. The van der Waals surface area contributed by atoms with Gasteiger partial charge in [0.15, 0.2) is 0 Å². The predicted octanol–water partition coefficient (Wildman–Crippen LogP) is 3.32. The first-order valence-electron chi connectivity index (χ1n) is 7.08. The van der Waals surface area contributed by atoms with Gasteiger partial charge in [0.05, 0.1) is 0 Å². The molecule has 3 N–H and O–H groups in total. The standard InChI is InChI=1S/C15H20ClFN2O/c16-13-9-10(17)7-8-12(13)14(15(18)20)19-11-5-3-1-2-4-6-11/h7-9,11,14,19H,1-6H2,(H2,18,20). The van der Waals surface area contributed by atoms with Crippen molar-refractivity contribution in [2.75, 3.05) is 0 Å². The lowest BCUT2D eigenvalue weighted by Gasteiger charge is -2.23. The zero-order valence-electron chi connectivity index (χ0n) is 11.4. The van der Waals surface area contributed by atoms with Crippen molar-refractivity contribution < 1.29 is 9.18 Å². The summed E-state index contributed by atoms with van der Waals surface area (Å²) in [5, 5.41) is 3.52. The van der Waals surface area contributed by atoms with E-state index in [4.69, 9.17) is 17.3 Å². The summed E-state index contributed by atoms with van der Waals surface area (Å²) in [5.41, 5.74) is 6.02. The normalized spacial score (nSPS) is 18.5. The summed E-state index contributed by atoms with van der Waals surface area (Å²) >= 11 is 6.03. The summed E-state index contributed by atoms with van der Waals surface area (Å²) in [5.74, 6) is -0.904. The minimum absolute atomic E-state index is 0.231. The number of hydrogen-bond acceptors (Lipinski definition) is 2. The molecule has 1 aromatic rings. The Balaban J connectivity index is 2.15. The van der Waals surface area contributed by atoms with Crippen molar-refractivity contribution in [2.45, 2.75) is 50.6 Å². The first kappa shape index (κ1) is 15.3. The van der Waals surface area contributed by atoms with Gasteiger partial charge in [-0.05, 0) is 30.5 Å². The summed E-state index contributed by atoms with van der Waals surface area (Å²) in [7, 11) is 0. The summed E-state index contributed by atoms with van der Waals surface area (Å²) in [6.45, 7) is 0. The van der Waals surface area contributed by atoms with Gasteiger partial charge in [0.1, 0.15) is 11.9 Å². The molecule has 1 atom stereocenters. The number of nitrogens with one attached hydrogen (secondary N) is 1. The summed E-state index contributed by atoms with van der Waals surface area (Å²) in [6.07, 6.45) is 6.83. The Morgan fingerprint density at radius 1 is 1.30 bits per heavy atom. The van der Waals surface area contributed by atoms with Crippen molar-refractivity contribution in [3.05, 3.63) is 34.6 Å². The highest BCUT2D eigenvalue weighted by Gasteiger charge is 2.24. The molecular weight excluding hydrogens is 279 g/mol. The third-order valence-electron chi connectivity index (χ3n) is 3.82. The van der Waals surface area contributed by atoms with Gasteiger partial charge in [-0.3, -0.25) is 10.1 Å². The molecule has 20 heavy (non-hydrogen) atoms. The van der Waals surface area contributed by atoms with Gasteiger partial charge in [-0.15, -0.1) is 0 Å². The van der Waals surface area contributed by atoms with Crippen LogP contribution in [0.3, 0.4) is 0 Å². The fraction of sp³-hybridized carbons (Fsp3) is 0.533. The van der Waals surface area contributed by atoms with E-state index in [-0.39, 0.29) is 11.1 Å². The Morgan fingerprint density at radius 3 is 2.50 bits per heavy atom. The van der Waals surface area contributed by atoms with Crippen LogP contribution in [0.1, 0.15) is 50.1 Å². The zero-order chi connectivity index (χ0) is 14.5. The third-order valence-corrected chi connectivity index (χ3v) is 4.14. The van der Waals surface area contributed by atoms with Crippen molar-refractivity contribution in [1.29, 1.82) is 0 Å². The van der Waals surface area contributed by atoms with Crippen LogP contribution in [0.15, 0.2) is 18.2 Å². The predicted molar refractivity (Wildman–Crippen MR) is 78.0 cm³/mol. The molecule has 1 unspecified atom stereocenters. The Bertz CT molecular complexity index is 473. The van der Waals surface area contributed by atoms with Gasteiger partial charge in [0.2, 0.25) is 5.91 Å². The molecule has 5 heteroatoms. The smallest absolute Gasteiger partial charge is 0.239 e. The minimum atomic E-state index is -0.661. The van der Waals surface area contributed by atoms with Crippen LogP contribution in [0.25, 0.3) is 0 Å². The molecule has 1 aliphatic carbocycles. The quantitative estimate of drug-likeness (QED) is 0.838. The van der Waals surface area contributed by atoms with E-state index in [1.165, 1.54) is 31.0 Å². The lowest BCUT2D eigenvalue weighted by Crippen LogP contribution is -2.40. The molecule has 1 aromatic carbocycles. The highest BCUT2D eigenvalue weighted by Crippen LogP contribution is 2.26. The van der Waals surface area contributed by atoms with Gasteiger partial charge in [0.25, 0.3) is 0 Å². The molecular formula is C15H20ClFN2O. The van der Waals surface area contributed by atoms with Crippen molar-refractivity contribution in [3.63, 3.8) is 0 Å². The van der Waals surface area contributed by atoms with E-state index in [0.717, 1.165) is 25.7 Å². The third kappa shape index (κ3) is 3.93. The highest BCUT2D eigenvalue weighted by molar-refractivity contribution is 6.31. The molecule has 0 heterocycles. The molecule has 0 radical (unpaired) electrons. The average molecular weight is 299 g/mol. The van der Waals surface area contributed by atoms with Gasteiger partial charge in [-0.25, -0.2) is 4.39 Å². The maximum Gasteiger partial charge on any atom is 0.239 e. The van der Waals surface area contributed by atoms with Crippen LogP contribution in [0.5, 0.6) is 0 Å². The highest BCUT2D eigenvalue weighted by atomic mass is 35.5. The van der Waals surface area contributed by atoms with Crippen LogP contribution in [0.2, 0.25) is 5.02 Å². The Morgan fingerprint density at radius 2 is 1.95 bits per heavy atom. The van der Waals surface area contributed by atoms with Gasteiger partial charge in [-0.1, -0.05) is 43.4 Å². The molecule has 2 rings (SSSR count). The van der Waals surface area contributed by atoms with E-state index in [0.29, 0.717) is 5.56 Å². The number of primary amides is 1. The number of carbonyl (C=O) groups excluding carboxylic acids is 1.